The minimum atomic E-state index is -3.28. The standard InChI is InChI=1S/C12H18N4O5S/c1-22(17,18)11-2-3-14-12(10-11)21-9-8-20-7-6-19-5-4-15-16-13/h2-3,10H,4-9H2,1H3. The number of nitrogens with zero attached hydrogens (tertiary/aromatic N) is 4. The van der Waals surface area contributed by atoms with Gasteiger partial charge in [-0.15, -0.1) is 0 Å². The molecule has 0 aliphatic heterocycles. The molecule has 10 heteroatoms. The largest absolute Gasteiger partial charge is 0.475 e. The zero-order valence-electron chi connectivity index (χ0n) is 12.2. The second kappa shape index (κ2) is 9.96. The first-order valence-corrected chi connectivity index (χ1v) is 8.38. The Morgan fingerprint density at radius 2 is 1.91 bits per heavy atom. The van der Waals surface area contributed by atoms with E-state index in [0.29, 0.717) is 33.0 Å². The molecule has 0 amide bonds. The van der Waals surface area contributed by atoms with E-state index in [0.717, 1.165) is 6.26 Å². The molecular weight excluding hydrogens is 312 g/mol. The Morgan fingerprint density at radius 3 is 2.59 bits per heavy atom. The smallest absolute Gasteiger partial charge is 0.214 e. The number of sulfone groups is 1. The average molecular weight is 330 g/mol. The molecule has 0 aliphatic carbocycles. The van der Waals surface area contributed by atoms with Gasteiger partial charge in [-0.1, -0.05) is 5.11 Å². The number of aromatic nitrogens is 1. The molecule has 0 radical (unpaired) electrons. The van der Waals surface area contributed by atoms with Crippen LogP contribution in [0.2, 0.25) is 0 Å². The van der Waals surface area contributed by atoms with Crippen LogP contribution in [0.5, 0.6) is 5.88 Å². The lowest BCUT2D eigenvalue weighted by molar-refractivity contribution is 0.0382. The van der Waals surface area contributed by atoms with Crippen molar-refractivity contribution in [3.05, 3.63) is 28.8 Å². The highest BCUT2D eigenvalue weighted by atomic mass is 32.2. The van der Waals surface area contributed by atoms with Crippen molar-refractivity contribution in [1.29, 1.82) is 0 Å². The highest BCUT2D eigenvalue weighted by Crippen LogP contribution is 2.13. The normalized spacial score (nSPS) is 11.0. The summed E-state index contributed by atoms with van der Waals surface area (Å²) in [6, 6.07) is 2.78. The lowest BCUT2D eigenvalue weighted by Gasteiger charge is -2.07. The summed E-state index contributed by atoms with van der Waals surface area (Å²) in [5.41, 5.74) is 8.05. The zero-order chi connectivity index (χ0) is 16.3. The van der Waals surface area contributed by atoms with Gasteiger partial charge in [-0.2, -0.15) is 0 Å². The Hall–Kier alpha value is -1.87. The first-order valence-electron chi connectivity index (χ1n) is 6.49. The SMILES string of the molecule is CS(=O)(=O)c1ccnc(OCCOCCOCCN=[N+]=[N-])c1. The molecule has 0 bridgehead atoms. The molecule has 0 aromatic carbocycles. The van der Waals surface area contributed by atoms with Crippen molar-refractivity contribution in [2.24, 2.45) is 5.11 Å². The van der Waals surface area contributed by atoms with Crippen LogP contribution < -0.4 is 4.74 Å². The van der Waals surface area contributed by atoms with E-state index in [-0.39, 0.29) is 17.4 Å². The van der Waals surface area contributed by atoms with Gasteiger partial charge in [-0.3, -0.25) is 0 Å². The summed E-state index contributed by atoms with van der Waals surface area (Å²) in [5, 5.41) is 3.32. The highest BCUT2D eigenvalue weighted by Gasteiger charge is 2.08. The maximum absolute atomic E-state index is 11.4. The molecule has 0 N–H and O–H groups in total. The van der Waals surface area contributed by atoms with Crippen molar-refractivity contribution < 1.29 is 22.6 Å². The quantitative estimate of drug-likeness (QED) is 0.260. The summed E-state index contributed by atoms with van der Waals surface area (Å²) >= 11 is 0. The Kier molecular flexibility index (Phi) is 8.23. The summed E-state index contributed by atoms with van der Waals surface area (Å²) < 4.78 is 38.5. The number of hydrogen-bond acceptors (Lipinski definition) is 7. The van der Waals surface area contributed by atoms with Gasteiger partial charge in [0, 0.05) is 30.0 Å². The van der Waals surface area contributed by atoms with Crippen LogP contribution in [-0.4, -0.2) is 59.2 Å². The maximum atomic E-state index is 11.4. The van der Waals surface area contributed by atoms with Crippen LogP contribution in [0.1, 0.15) is 0 Å². The number of ether oxygens (including phenoxy) is 3. The molecule has 1 aromatic heterocycles. The van der Waals surface area contributed by atoms with Crippen molar-refractivity contribution in [2.45, 2.75) is 4.90 Å². The molecule has 1 aromatic rings. The minimum Gasteiger partial charge on any atom is -0.475 e. The van der Waals surface area contributed by atoms with Crippen LogP contribution in [0, 0.1) is 0 Å². The van der Waals surface area contributed by atoms with Crippen molar-refractivity contribution in [1.82, 2.24) is 4.98 Å². The van der Waals surface area contributed by atoms with Crippen LogP contribution in [0.4, 0.5) is 0 Å². The molecule has 122 valence electrons. The van der Waals surface area contributed by atoms with Crippen molar-refractivity contribution in [3.8, 4) is 5.88 Å². The summed E-state index contributed by atoms with van der Waals surface area (Å²) in [6.45, 7) is 2.00. The summed E-state index contributed by atoms with van der Waals surface area (Å²) in [5.74, 6) is 0.233. The van der Waals surface area contributed by atoms with E-state index >= 15 is 0 Å². The fourth-order valence-electron chi connectivity index (χ4n) is 1.38. The van der Waals surface area contributed by atoms with Gasteiger partial charge in [0.1, 0.15) is 6.61 Å². The lowest BCUT2D eigenvalue weighted by atomic mass is 10.5. The van der Waals surface area contributed by atoms with Crippen molar-refractivity contribution in [2.75, 3.05) is 45.8 Å². The first-order chi connectivity index (χ1) is 10.5. The van der Waals surface area contributed by atoms with Gasteiger partial charge >= 0.3 is 0 Å². The third kappa shape index (κ3) is 7.79. The molecule has 0 aliphatic rings. The number of hydrogen-bond donors (Lipinski definition) is 0. The van der Waals surface area contributed by atoms with Crippen LogP contribution in [0.3, 0.4) is 0 Å². The third-order valence-corrected chi connectivity index (χ3v) is 3.49. The molecule has 0 fully saturated rings. The minimum absolute atomic E-state index is 0.159. The average Bonchev–Trinajstić information content (AvgIpc) is 2.49. The molecule has 0 unspecified atom stereocenters. The van der Waals surface area contributed by atoms with Crippen molar-refractivity contribution in [3.63, 3.8) is 0 Å². The topological polar surface area (TPSA) is 123 Å². The number of pyridine rings is 1. The van der Waals surface area contributed by atoms with Gasteiger partial charge in [-0.05, 0) is 11.6 Å². The second-order valence-electron chi connectivity index (χ2n) is 4.13. The van der Waals surface area contributed by atoms with Crippen molar-refractivity contribution >= 4 is 9.84 Å². The zero-order valence-corrected chi connectivity index (χ0v) is 13.0. The van der Waals surface area contributed by atoms with E-state index in [1.54, 1.807) is 0 Å². The summed E-state index contributed by atoms with van der Waals surface area (Å²) in [4.78, 5) is 6.68. The van der Waals surface area contributed by atoms with Crippen LogP contribution in [0.15, 0.2) is 28.3 Å². The van der Waals surface area contributed by atoms with E-state index in [2.05, 4.69) is 15.0 Å². The summed E-state index contributed by atoms with van der Waals surface area (Å²) in [6.07, 6.45) is 2.50. The third-order valence-electron chi connectivity index (χ3n) is 2.38. The van der Waals surface area contributed by atoms with E-state index in [1.807, 2.05) is 0 Å². The molecule has 0 saturated heterocycles. The second-order valence-corrected chi connectivity index (χ2v) is 6.15. The fraction of sp³-hybridized carbons (Fsp3) is 0.583. The van der Waals surface area contributed by atoms with Crippen LogP contribution >= 0.6 is 0 Å². The maximum Gasteiger partial charge on any atom is 0.214 e. The van der Waals surface area contributed by atoms with Gasteiger partial charge < -0.3 is 14.2 Å². The Morgan fingerprint density at radius 1 is 1.23 bits per heavy atom. The molecule has 0 spiro atoms. The van der Waals surface area contributed by atoms with Gasteiger partial charge in [0.25, 0.3) is 0 Å². The van der Waals surface area contributed by atoms with Gasteiger partial charge in [0.2, 0.25) is 5.88 Å². The number of rotatable bonds is 11. The number of azide groups is 1. The predicted octanol–water partition coefficient (Wildman–Crippen LogP) is 1.21. The molecule has 9 nitrogen and oxygen atoms in total. The van der Waals surface area contributed by atoms with E-state index < -0.39 is 9.84 Å². The van der Waals surface area contributed by atoms with Crippen LogP contribution in [-0.2, 0) is 19.3 Å². The monoisotopic (exact) mass is 330 g/mol. The summed E-state index contributed by atoms with van der Waals surface area (Å²) in [7, 11) is -3.28. The molecule has 0 saturated carbocycles. The van der Waals surface area contributed by atoms with E-state index in [9.17, 15) is 8.42 Å². The fourth-order valence-corrected chi connectivity index (χ4v) is 2.00. The Bertz CT molecular complexity index is 601. The van der Waals surface area contributed by atoms with Gasteiger partial charge in [0.05, 0.1) is 31.3 Å². The molecule has 22 heavy (non-hydrogen) atoms. The molecular formula is C12H18N4O5S. The predicted molar refractivity (Wildman–Crippen MR) is 78.5 cm³/mol. The molecule has 1 rings (SSSR count). The molecule has 1 heterocycles. The lowest BCUT2D eigenvalue weighted by Crippen LogP contribution is -2.12. The van der Waals surface area contributed by atoms with E-state index in [4.69, 9.17) is 19.7 Å². The van der Waals surface area contributed by atoms with Gasteiger partial charge in [-0.25, -0.2) is 13.4 Å². The molecule has 0 atom stereocenters. The first kappa shape index (κ1) is 18.2. The van der Waals surface area contributed by atoms with E-state index in [1.165, 1.54) is 18.3 Å². The Labute approximate surface area is 128 Å². The Balaban J connectivity index is 2.14. The van der Waals surface area contributed by atoms with Gasteiger partial charge in [0.15, 0.2) is 9.84 Å². The highest BCUT2D eigenvalue weighted by molar-refractivity contribution is 7.90. The van der Waals surface area contributed by atoms with Crippen LogP contribution in [0.25, 0.3) is 10.4 Å².